The van der Waals surface area contributed by atoms with Gasteiger partial charge in [0.25, 0.3) is 0 Å². The minimum absolute atomic E-state index is 0.296. The van der Waals surface area contributed by atoms with E-state index < -0.39 is 9.84 Å². The summed E-state index contributed by atoms with van der Waals surface area (Å²) in [7, 11) is -2.96. The van der Waals surface area contributed by atoms with Crippen molar-refractivity contribution in [1.82, 2.24) is 10.2 Å². The molecular formula is C13H28N2O2S2. The quantitative estimate of drug-likeness (QED) is 0.752. The fourth-order valence-electron chi connectivity index (χ4n) is 2.08. The molecule has 1 N–H and O–H groups in total. The van der Waals surface area contributed by atoms with E-state index in [4.69, 9.17) is 0 Å². The van der Waals surface area contributed by atoms with Gasteiger partial charge in [-0.3, -0.25) is 4.90 Å². The van der Waals surface area contributed by atoms with E-state index in [1.165, 1.54) is 6.26 Å². The van der Waals surface area contributed by atoms with Crippen molar-refractivity contribution < 1.29 is 8.42 Å². The first kappa shape index (κ1) is 17.3. The van der Waals surface area contributed by atoms with E-state index >= 15 is 0 Å². The second-order valence-electron chi connectivity index (χ2n) is 6.46. The van der Waals surface area contributed by atoms with Gasteiger partial charge in [-0.1, -0.05) is 20.8 Å². The van der Waals surface area contributed by atoms with Gasteiger partial charge < -0.3 is 5.32 Å². The lowest BCUT2D eigenvalue weighted by atomic mass is 9.92. The molecule has 0 bridgehead atoms. The van der Waals surface area contributed by atoms with Crippen LogP contribution in [0.2, 0.25) is 0 Å². The molecule has 1 atom stereocenters. The Morgan fingerprint density at radius 3 is 2.58 bits per heavy atom. The van der Waals surface area contributed by atoms with Gasteiger partial charge in [0.15, 0.2) is 9.84 Å². The molecule has 114 valence electrons. The Bertz CT molecular complexity index is 363. The van der Waals surface area contributed by atoms with E-state index in [2.05, 4.69) is 31.0 Å². The Labute approximate surface area is 122 Å². The molecule has 0 radical (unpaired) electrons. The van der Waals surface area contributed by atoms with Crippen LogP contribution in [0.15, 0.2) is 0 Å². The highest BCUT2D eigenvalue weighted by Crippen LogP contribution is 2.20. The highest BCUT2D eigenvalue weighted by molar-refractivity contribution is 8.00. The van der Waals surface area contributed by atoms with E-state index in [1.807, 2.05) is 0 Å². The molecule has 1 saturated heterocycles. The fourth-order valence-corrected chi connectivity index (χ4v) is 5.05. The van der Waals surface area contributed by atoms with E-state index in [0.29, 0.717) is 11.2 Å². The van der Waals surface area contributed by atoms with Crippen molar-refractivity contribution in [2.24, 2.45) is 5.41 Å². The van der Waals surface area contributed by atoms with Gasteiger partial charge in [-0.2, -0.15) is 11.8 Å². The molecule has 19 heavy (non-hydrogen) atoms. The Morgan fingerprint density at radius 1 is 1.32 bits per heavy atom. The zero-order valence-corrected chi connectivity index (χ0v) is 14.2. The summed E-state index contributed by atoms with van der Waals surface area (Å²) in [4.78, 5) is 2.11. The molecule has 0 aromatic rings. The van der Waals surface area contributed by atoms with Crippen molar-refractivity contribution >= 4 is 21.6 Å². The van der Waals surface area contributed by atoms with Crippen LogP contribution in [-0.2, 0) is 9.84 Å². The average molecular weight is 309 g/mol. The number of rotatable bonds is 6. The van der Waals surface area contributed by atoms with Gasteiger partial charge in [-0.25, -0.2) is 8.42 Å². The summed E-state index contributed by atoms with van der Waals surface area (Å²) in [5.74, 6) is 1.74. The second-order valence-corrected chi connectivity index (χ2v) is 9.81. The van der Waals surface area contributed by atoms with E-state index in [9.17, 15) is 8.42 Å². The first-order valence-electron chi connectivity index (χ1n) is 6.91. The molecule has 6 heteroatoms. The topological polar surface area (TPSA) is 49.4 Å². The van der Waals surface area contributed by atoms with Crippen molar-refractivity contribution in [3.8, 4) is 0 Å². The zero-order valence-electron chi connectivity index (χ0n) is 12.6. The molecule has 0 aliphatic carbocycles. The van der Waals surface area contributed by atoms with Gasteiger partial charge in [0.2, 0.25) is 0 Å². The minimum atomic E-state index is -2.96. The van der Waals surface area contributed by atoms with Crippen LogP contribution in [0.25, 0.3) is 0 Å². The summed E-state index contributed by atoms with van der Waals surface area (Å²) in [5.41, 5.74) is 0.351. The van der Waals surface area contributed by atoms with Crippen LogP contribution < -0.4 is 5.32 Å². The predicted molar refractivity (Wildman–Crippen MR) is 84.5 cm³/mol. The molecule has 4 nitrogen and oxygen atoms in total. The second kappa shape index (κ2) is 7.29. The molecule has 0 amide bonds. The summed E-state index contributed by atoms with van der Waals surface area (Å²) >= 11 is 1.74. The molecule has 1 heterocycles. The SMILES string of the molecule is CC(C)(C)CCNCCN1CCSCC1S(C)(=O)=O. The lowest BCUT2D eigenvalue weighted by Gasteiger charge is -2.34. The van der Waals surface area contributed by atoms with Crippen LogP contribution in [-0.4, -0.2) is 62.6 Å². The van der Waals surface area contributed by atoms with Crippen molar-refractivity contribution in [2.45, 2.75) is 32.6 Å². The smallest absolute Gasteiger partial charge is 0.164 e. The van der Waals surface area contributed by atoms with E-state index in [-0.39, 0.29) is 5.37 Å². The number of sulfone groups is 1. The van der Waals surface area contributed by atoms with Gasteiger partial charge in [0, 0.05) is 37.4 Å². The number of nitrogens with zero attached hydrogens (tertiary/aromatic N) is 1. The Morgan fingerprint density at radius 2 is 2.00 bits per heavy atom. The fraction of sp³-hybridized carbons (Fsp3) is 1.00. The normalized spacial score (nSPS) is 22.6. The summed E-state index contributed by atoms with van der Waals surface area (Å²) < 4.78 is 23.5. The maximum absolute atomic E-state index is 11.7. The number of thioether (sulfide) groups is 1. The Kier molecular flexibility index (Phi) is 6.63. The third-order valence-electron chi connectivity index (χ3n) is 3.31. The van der Waals surface area contributed by atoms with E-state index in [0.717, 1.165) is 38.4 Å². The van der Waals surface area contributed by atoms with Crippen molar-refractivity contribution in [3.63, 3.8) is 0 Å². The highest BCUT2D eigenvalue weighted by Gasteiger charge is 2.30. The van der Waals surface area contributed by atoms with Crippen molar-refractivity contribution in [2.75, 3.05) is 43.9 Å². The maximum atomic E-state index is 11.7. The molecule has 1 unspecified atom stereocenters. The zero-order chi connectivity index (χ0) is 14.5. The molecule has 0 saturated carbocycles. The van der Waals surface area contributed by atoms with Crippen LogP contribution in [0.4, 0.5) is 0 Å². The van der Waals surface area contributed by atoms with Crippen molar-refractivity contribution in [1.29, 1.82) is 0 Å². The number of hydrogen-bond donors (Lipinski definition) is 1. The lowest BCUT2D eigenvalue weighted by molar-refractivity contribution is 0.267. The van der Waals surface area contributed by atoms with Crippen LogP contribution >= 0.6 is 11.8 Å². The summed E-state index contributed by atoms with van der Waals surface area (Å²) in [6, 6.07) is 0. The van der Waals surface area contributed by atoms with Gasteiger partial charge in [0.1, 0.15) is 5.37 Å². The molecule has 0 spiro atoms. The molecule has 1 aliphatic heterocycles. The monoisotopic (exact) mass is 308 g/mol. The van der Waals surface area contributed by atoms with Crippen LogP contribution in [0.5, 0.6) is 0 Å². The molecule has 1 fully saturated rings. The molecule has 0 aromatic heterocycles. The van der Waals surface area contributed by atoms with E-state index in [1.54, 1.807) is 11.8 Å². The Hall–Kier alpha value is 0.220. The highest BCUT2D eigenvalue weighted by atomic mass is 32.2. The molecule has 0 aromatic carbocycles. The van der Waals surface area contributed by atoms with Crippen LogP contribution in [0.1, 0.15) is 27.2 Å². The molecule has 1 aliphatic rings. The Balaban J connectivity index is 2.30. The predicted octanol–water partition coefficient (Wildman–Crippen LogP) is 1.43. The van der Waals surface area contributed by atoms with Gasteiger partial charge in [-0.05, 0) is 18.4 Å². The summed E-state index contributed by atoms with van der Waals surface area (Å²) in [6.07, 6.45) is 2.49. The average Bonchev–Trinajstić information content (AvgIpc) is 2.26. The number of hydrogen-bond acceptors (Lipinski definition) is 5. The standard InChI is InChI=1S/C13H28N2O2S2/c1-13(2,3)5-6-14-7-8-15-9-10-18-11-12(15)19(4,16)17/h12,14H,5-11H2,1-4H3. The van der Waals surface area contributed by atoms with Gasteiger partial charge in [-0.15, -0.1) is 0 Å². The first-order valence-corrected chi connectivity index (χ1v) is 10.0. The first-order chi connectivity index (χ1) is 8.70. The van der Waals surface area contributed by atoms with Crippen LogP contribution in [0, 0.1) is 5.41 Å². The summed E-state index contributed by atoms with van der Waals surface area (Å²) in [5, 5.41) is 3.12. The third kappa shape index (κ3) is 6.97. The molecular weight excluding hydrogens is 280 g/mol. The van der Waals surface area contributed by atoms with Crippen molar-refractivity contribution in [3.05, 3.63) is 0 Å². The van der Waals surface area contributed by atoms with Gasteiger partial charge in [0.05, 0.1) is 0 Å². The third-order valence-corrected chi connectivity index (χ3v) is 6.00. The van der Waals surface area contributed by atoms with Crippen LogP contribution in [0.3, 0.4) is 0 Å². The lowest BCUT2D eigenvalue weighted by Crippen LogP contribution is -2.49. The largest absolute Gasteiger partial charge is 0.315 e. The van der Waals surface area contributed by atoms with Gasteiger partial charge >= 0.3 is 0 Å². The summed E-state index contributed by atoms with van der Waals surface area (Å²) in [6.45, 7) is 10.3. The molecule has 1 rings (SSSR count). The maximum Gasteiger partial charge on any atom is 0.164 e. The number of nitrogens with one attached hydrogen (secondary N) is 1. The minimum Gasteiger partial charge on any atom is -0.315 e.